The molecule has 1 atom stereocenters. The Morgan fingerprint density at radius 1 is 1.17 bits per heavy atom. The molecule has 1 unspecified atom stereocenters. The molecule has 0 bridgehead atoms. The second-order valence-electron chi connectivity index (χ2n) is 6.28. The second-order valence-corrected chi connectivity index (χ2v) is 6.28. The molecule has 0 aliphatic heterocycles. The number of hydrogen-bond donors (Lipinski definition) is 0. The van der Waals surface area contributed by atoms with Crippen LogP contribution in [0.2, 0.25) is 0 Å². The summed E-state index contributed by atoms with van der Waals surface area (Å²) in [4.78, 5) is 0. The highest BCUT2D eigenvalue weighted by molar-refractivity contribution is 5.94. The first-order valence-electron chi connectivity index (χ1n) is 10.8. The molecule has 118 valence electrons. The van der Waals surface area contributed by atoms with Gasteiger partial charge in [0.2, 0.25) is 5.69 Å². The number of aromatic nitrogens is 1. The second kappa shape index (κ2) is 5.81. The molecule has 0 saturated carbocycles. The predicted octanol–water partition coefficient (Wildman–Crippen LogP) is 5.38. The quantitative estimate of drug-likeness (QED) is 0.559. The standard InChI is InChI=1S/C22H26N/c1-14(2)19-12-16(4)17(5)20(13-19)22-21-11-15(3)7-8-18(21)9-10-23(22)6/h7-14H,1-6H3/q+1/i1D3,9D,10D,14D. The largest absolute Gasteiger partial charge is 0.220 e. The van der Waals surface area contributed by atoms with Crippen LogP contribution in [-0.2, 0) is 7.05 Å². The number of fused-ring (bicyclic) bond motifs is 1. The Morgan fingerprint density at radius 3 is 2.70 bits per heavy atom. The van der Waals surface area contributed by atoms with E-state index in [9.17, 15) is 0 Å². The van der Waals surface area contributed by atoms with Crippen molar-refractivity contribution in [1.29, 1.82) is 0 Å². The average Bonchev–Trinajstić information content (AvgIpc) is 2.62. The molecule has 0 aliphatic carbocycles. The fourth-order valence-corrected chi connectivity index (χ4v) is 2.99. The van der Waals surface area contributed by atoms with Crippen molar-refractivity contribution >= 4 is 10.8 Å². The zero-order valence-corrected chi connectivity index (χ0v) is 14.3. The van der Waals surface area contributed by atoms with Crippen molar-refractivity contribution in [1.82, 2.24) is 0 Å². The van der Waals surface area contributed by atoms with Crippen LogP contribution >= 0.6 is 0 Å². The summed E-state index contributed by atoms with van der Waals surface area (Å²) in [7, 11) is 1.75. The van der Waals surface area contributed by atoms with E-state index in [1.807, 2.05) is 39.0 Å². The monoisotopic (exact) mass is 310 g/mol. The molecule has 0 fully saturated rings. The van der Waals surface area contributed by atoms with Gasteiger partial charge in [-0.2, -0.15) is 0 Å². The maximum absolute atomic E-state index is 8.54. The van der Waals surface area contributed by atoms with E-state index in [2.05, 4.69) is 0 Å². The van der Waals surface area contributed by atoms with E-state index in [0.29, 0.717) is 10.9 Å². The minimum absolute atomic E-state index is 0.0864. The Morgan fingerprint density at radius 2 is 1.96 bits per heavy atom. The molecule has 0 N–H and O–H groups in total. The molecule has 0 spiro atoms. The van der Waals surface area contributed by atoms with Crippen LogP contribution in [-0.4, -0.2) is 0 Å². The van der Waals surface area contributed by atoms with Crippen LogP contribution in [0.1, 0.15) is 50.1 Å². The van der Waals surface area contributed by atoms with Crippen molar-refractivity contribution < 1.29 is 12.8 Å². The molecule has 23 heavy (non-hydrogen) atoms. The lowest BCUT2D eigenvalue weighted by atomic mass is 9.90. The molecule has 0 radical (unpaired) electrons. The van der Waals surface area contributed by atoms with Crippen molar-refractivity contribution in [3.05, 3.63) is 64.8 Å². The van der Waals surface area contributed by atoms with Gasteiger partial charge in [-0.1, -0.05) is 37.5 Å². The van der Waals surface area contributed by atoms with Crippen LogP contribution in [0.3, 0.4) is 0 Å². The third-order valence-electron chi connectivity index (χ3n) is 4.48. The van der Waals surface area contributed by atoms with E-state index in [1.54, 1.807) is 23.7 Å². The van der Waals surface area contributed by atoms with E-state index >= 15 is 0 Å². The number of benzene rings is 2. The van der Waals surface area contributed by atoms with Crippen molar-refractivity contribution in [3.63, 3.8) is 0 Å². The number of nitrogens with zero attached hydrogens (tertiary/aromatic N) is 1. The fourth-order valence-electron chi connectivity index (χ4n) is 2.99. The summed E-state index contributed by atoms with van der Waals surface area (Å²) in [5.41, 5.74) is 4.85. The Kier molecular flexibility index (Phi) is 2.49. The van der Waals surface area contributed by atoms with Crippen LogP contribution in [0.15, 0.2) is 42.5 Å². The number of hydrogen-bond acceptors (Lipinski definition) is 0. The van der Waals surface area contributed by atoms with E-state index in [-0.39, 0.29) is 12.2 Å². The molecule has 0 aliphatic rings. The topological polar surface area (TPSA) is 3.88 Å². The molecule has 1 heterocycles. The van der Waals surface area contributed by atoms with E-state index in [4.69, 9.17) is 8.22 Å². The van der Waals surface area contributed by atoms with E-state index in [1.165, 1.54) is 6.92 Å². The van der Waals surface area contributed by atoms with E-state index in [0.717, 1.165) is 33.3 Å². The maximum atomic E-state index is 8.54. The van der Waals surface area contributed by atoms with Gasteiger partial charge in [0.1, 0.15) is 8.42 Å². The van der Waals surface area contributed by atoms with Crippen LogP contribution in [0.5, 0.6) is 0 Å². The molecular formula is C22H26N+. The lowest BCUT2D eigenvalue weighted by molar-refractivity contribution is -0.659. The van der Waals surface area contributed by atoms with Gasteiger partial charge < -0.3 is 0 Å². The zero-order chi connectivity index (χ0) is 21.9. The molecule has 3 aromatic rings. The van der Waals surface area contributed by atoms with E-state index < -0.39 is 12.7 Å². The third-order valence-corrected chi connectivity index (χ3v) is 4.48. The molecule has 0 saturated heterocycles. The van der Waals surface area contributed by atoms with Gasteiger partial charge in [-0.15, -0.1) is 0 Å². The molecule has 3 rings (SSSR count). The first-order chi connectivity index (χ1) is 13.3. The molecule has 1 aromatic heterocycles. The predicted molar refractivity (Wildman–Crippen MR) is 98.9 cm³/mol. The SMILES string of the molecule is [2H]c1c([2H])[n+](C)c(-c2cc(C([2H])(C)C([2H])([2H])[2H])cc(C)c2C)c2cc(C)ccc12. The number of pyridine rings is 1. The first kappa shape index (κ1) is 9.87. The summed E-state index contributed by atoms with van der Waals surface area (Å²) >= 11 is 0. The highest BCUT2D eigenvalue weighted by atomic mass is 14.9. The summed E-state index contributed by atoms with van der Waals surface area (Å²) in [6.45, 7) is 4.79. The average molecular weight is 310 g/mol. The first-order valence-corrected chi connectivity index (χ1v) is 7.79. The van der Waals surface area contributed by atoms with Crippen LogP contribution in [0, 0.1) is 20.8 Å². The summed E-state index contributed by atoms with van der Waals surface area (Å²) in [6, 6.07) is 9.47. The number of aryl methyl sites for hydroxylation is 2. The van der Waals surface area contributed by atoms with Gasteiger partial charge in [-0.3, -0.25) is 0 Å². The molecule has 1 heteroatoms. The van der Waals surface area contributed by atoms with Crippen LogP contribution in [0.4, 0.5) is 0 Å². The minimum atomic E-state index is -2.47. The number of rotatable bonds is 2. The Balaban J connectivity index is 2.47. The smallest absolute Gasteiger partial charge is 0.200 e. The highest BCUT2D eigenvalue weighted by Crippen LogP contribution is 2.32. The fraction of sp³-hybridized carbons (Fsp3) is 0.318. The molecule has 0 amide bonds. The lowest BCUT2D eigenvalue weighted by Crippen LogP contribution is -2.31. The Hall–Kier alpha value is -2.15. The maximum Gasteiger partial charge on any atom is 0.220 e. The van der Waals surface area contributed by atoms with Crippen molar-refractivity contribution in [2.24, 2.45) is 7.05 Å². The summed E-state index contributed by atoms with van der Waals surface area (Å²) in [6.07, 6.45) is 0.0864. The zero-order valence-electron chi connectivity index (χ0n) is 20.3. The Labute approximate surface area is 148 Å². The van der Waals surface area contributed by atoms with Crippen molar-refractivity contribution in [2.75, 3.05) is 0 Å². The van der Waals surface area contributed by atoms with Crippen LogP contribution in [0.25, 0.3) is 22.0 Å². The summed E-state index contributed by atoms with van der Waals surface area (Å²) in [5, 5.41) is 1.52. The normalized spacial score (nSPS) is 18.3. The minimum Gasteiger partial charge on any atom is -0.200 e. The molecule has 1 nitrogen and oxygen atoms in total. The van der Waals surface area contributed by atoms with Gasteiger partial charge >= 0.3 is 0 Å². The van der Waals surface area contributed by atoms with Gasteiger partial charge in [0.05, 0.1) is 12.3 Å². The lowest BCUT2D eigenvalue weighted by Gasteiger charge is -2.14. The van der Waals surface area contributed by atoms with Gasteiger partial charge in [-0.05, 0) is 60.9 Å². The van der Waals surface area contributed by atoms with Gasteiger partial charge in [0, 0.05) is 11.5 Å². The summed E-state index contributed by atoms with van der Waals surface area (Å²) in [5.74, 6) is -1.76. The van der Waals surface area contributed by atoms with Crippen LogP contribution < -0.4 is 4.57 Å². The van der Waals surface area contributed by atoms with Crippen molar-refractivity contribution in [3.8, 4) is 11.3 Å². The van der Waals surface area contributed by atoms with Gasteiger partial charge in [0.15, 0.2) is 6.17 Å². The molecule has 2 aromatic carbocycles. The summed E-state index contributed by atoms with van der Waals surface area (Å²) < 4.78 is 50.5. The van der Waals surface area contributed by atoms with Gasteiger partial charge in [-0.25, -0.2) is 4.57 Å². The van der Waals surface area contributed by atoms with Crippen molar-refractivity contribution in [2.45, 2.75) is 40.4 Å². The molecular weight excluding hydrogens is 278 g/mol. The third kappa shape index (κ3) is 2.76. The highest BCUT2D eigenvalue weighted by Gasteiger charge is 2.19. The Bertz CT molecular complexity index is 1130. The van der Waals surface area contributed by atoms with Gasteiger partial charge in [0.25, 0.3) is 0 Å².